The highest BCUT2D eigenvalue weighted by Gasteiger charge is 2.23. The number of esters is 2. The topological polar surface area (TPSA) is 52.6 Å². The first-order valence-corrected chi connectivity index (χ1v) is 14.2. The molecule has 0 aliphatic heterocycles. The van der Waals surface area contributed by atoms with Gasteiger partial charge in [0.05, 0.1) is 6.61 Å². The molecule has 1 rings (SSSR count). The average Bonchev–Trinajstić information content (AvgIpc) is 3.35. The molecule has 0 bridgehead atoms. The van der Waals surface area contributed by atoms with Crippen LogP contribution in [0.3, 0.4) is 0 Å². The van der Waals surface area contributed by atoms with Gasteiger partial charge in [-0.1, -0.05) is 116 Å². The highest BCUT2D eigenvalue weighted by Crippen LogP contribution is 2.29. The van der Waals surface area contributed by atoms with Crippen LogP contribution in [0.5, 0.6) is 0 Å². The predicted octanol–water partition coefficient (Wildman–Crippen LogP) is 8.47. The van der Waals surface area contributed by atoms with Crippen molar-refractivity contribution in [3.63, 3.8) is 0 Å². The van der Waals surface area contributed by atoms with E-state index in [1.807, 2.05) is 6.92 Å². The molecule has 4 heteroatoms. The summed E-state index contributed by atoms with van der Waals surface area (Å²) >= 11 is 0. The number of carbonyl (C=O) groups excluding carboxylic acids is 2. The fraction of sp³-hybridized carbons (Fsp3) is 0.862. The summed E-state index contributed by atoms with van der Waals surface area (Å²) in [5.74, 6) is -0.445. The third-order valence-electron chi connectivity index (χ3n) is 6.96. The molecule has 0 heterocycles. The van der Waals surface area contributed by atoms with E-state index in [-0.39, 0.29) is 6.10 Å². The van der Waals surface area contributed by atoms with Gasteiger partial charge in [0.25, 0.3) is 0 Å². The summed E-state index contributed by atoms with van der Waals surface area (Å²) in [4.78, 5) is 23.6. The van der Waals surface area contributed by atoms with Crippen LogP contribution in [0.1, 0.15) is 142 Å². The van der Waals surface area contributed by atoms with Gasteiger partial charge in [0.2, 0.25) is 0 Å². The van der Waals surface area contributed by atoms with Gasteiger partial charge in [0.15, 0.2) is 0 Å². The standard InChI is InChI=1S/C29H52O4/c1-3-4-5-6-7-8-9-10-11-12-13-14-15-16-17-20-25-32-28(30)23-24-29(31)33-26(2)27-21-18-19-22-27/h23-24,26-27H,3-22,25H2,1-2H3/b24-23+. The zero-order valence-electron chi connectivity index (χ0n) is 21.8. The first-order valence-electron chi connectivity index (χ1n) is 14.2. The van der Waals surface area contributed by atoms with E-state index in [2.05, 4.69) is 6.92 Å². The molecule has 0 N–H and O–H groups in total. The quantitative estimate of drug-likeness (QED) is 0.0971. The summed E-state index contributed by atoms with van der Waals surface area (Å²) in [6.45, 7) is 4.64. The van der Waals surface area contributed by atoms with E-state index < -0.39 is 11.9 Å². The Kier molecular flexibility index (Phi) is 19.1. The van der Waals surface area contributed by atoms with E-state index in [0.29, 0.717) is 12.5 Å². The Labute approximate surface area is 204 Å². The zero-order valence-corrected chi connectivity index (χ0v) is 21.8. The molecule has 1 atom stereocenters. The van der Waals surface area contributed by atoms with Crippen LogP contribution in [0.2, 0.25) is 0 Å². The van der Waals surface area contributed by atoms with Gasteiger partial charge in [0.1, 0.15) is 6.10 Å². The van der Waals surface area contributed by atoms with Gasteiger partial charge < -0.3 is 9.47 Å². The van der Waals surface area contributed by atoms with Crippen molar-refractivity contribution in [1.82, 2.24) is 0 Å². The maximum atomic E-state index is 11.8. The van der Waals surface area contributed by atoms with Crippen LogP contribution in [-0.2, 0) is 19.1 Å². The predicted molar refractivity (Wildman–Crippen MR) is 137 cm³/mol. The van der Waals surface area contributed by atoms with Crippen molar-refractivity contribution in [2.45, 2.75) is 148 Å². The molecule has 1 fully saturated rings. The molecule has 4 nitrogen and oxygen atoms in total. The Balaban J connectivity index is 1.83. The average molecular weight is 465 g/mol. The zero-order chi connectivity index (χ0) is 24.0. The Bertz CT molecular complexity index is 508. The lowest BCUT2D eigenvalue weighted by molar-refractivity contribution is -0.145. The molecule has 192 valence electrons. The number of hydrogen-bond donors (Lipinski definition) is 0. The monoisotopic (exact) mass is 464 g/mol. The summed E-state index contributed by atoms with van der Waals surface area (Å²) in [5, 5.41) is 0. The molecule has 0 aromatic heterocycles. The highest BCUT2D eigenvalue weighted by atomic mass is 16.5. The normalized spacial score (nSPS) is 15.2. The van der Waals surface area contributed by atoms with Gasteiger partial charge in [0, 0.05) is 12.2 Å². The molecule has 33 heavy (non-hydrogen) atoms. The van der Waals surface area contributed by atoms with Crippen LogP contribution in [0.25, 0.3) is 0 Å². The number of carbonyl (C=O) groups is 2. The van der Waals surface area contributed by atoms with Crippen molar-refractivity contribution < 1.29 is 19.1 Å². The van der Waals surface area contributed by atoms with Gasteiger partial charge in [-0.15, -0.1) is 0 Å². The lowest BCUT2D eigenvalue weighted by atomic mass is 10.0. The molecular formula is C29H52O4. The number of unbranched alkanes of at least 4 members (excludes halogenated alkanes) is 15. The third kappa shape index (κ3) is 17.8. The SMILES string of the molecule is CCCCCCCCCCCCCCCCCCOC(=O)/C=C/C(=O)OC(C)C1CCCC1. The van der Waals surface area contributed by atoms with Crippen molar-refractivity contribution in [2.75, 3.05) is 6.61 Å². The molecule has 0 aromatic carbocycles. The minimum absolute atomic E-state index is 0.0780. The first-order chi connectivity index (χ1) is 16.1. The second-order valence-corrected chi connectivity index (χ2v) is 9.99. The van der Waals surface area contributed by atoms with Gasteiger partial charge in [-0.25, -0.2) is 9.59 Å². The summed E-state index contributed by atoms with van der Waals surface area (Å²) in [7, 11) is 0. The van der Waals surface area contributed by atoms with Crippen LogP contribution in [0, 0.1) is 5.92 Å². The van der Waals surface area contributed by atoms with Gasteiger partial charge in [-0.2, -0.15) is 0 Å². The molecule has 1 aliphatic carbocycles. The van der Waals surface area contributed by atoms with E-state index in [1.54, 1.807) is 0 Å². The highest BCUT2D eigenvalue weighted by molar-refractivity contribution is 5.91. The first kappa shape index (κ1) is 29.7. The van der Waals surface area contributed by atoms with E-state index in [1.165, 1.54) is 115 Å². The van der Waals surface area contributed by atoms with Crippen molar-refractivity contribution >= 4 is 11.9 Å². The second-order valence-electron chi connectivity index (χ2n) is 9.99. The fourth-order valence-corrected chi connectivity index (χ4v) is 4.75. The molecule has 1 aliphatic rings. The Morgan fingerprint density at radius 3 is 1.61 bits per heavy atom. The number of ether oxygens (including phenoxy) is 2. The minimum Gasteiger partial charge on any atom is -0.463 e. The molecule has 1 saturated carbocycles. The van der Waals surface area contributed by atoms with E-state index in [4.69, 9.17) is 9.47 Å². The van der Waals surface area contributed by atoms with Crippen molar-refractivity contribution in [1.29, 1.82) is 0 Å². The Morgan fingerprint density at radius 1 is 0.697 bits per heavy atom. The lowest BCUT2D eigenvalue weighted by Gasteiger charge is -2.18. The molecule has 1 unspecified atom stereocenters. The van der Waals surface area contributed by atoms with Gasteiger partial charge >= 0.3 is 11.9 Å². The van der Waals surface area contributed by atoms with Crippen LogP contribution < -0.4 is 0 Å². The second kappa shape index (κ2) is 21.2. The maximum absolute atomic E-state index is 11.8. The smallest absolute Gasteiger partial charge is 0.331 e. The Hall–Kier alpha value is -1.32. The van der Waals surface area contributed by atoms with Crippen LogP contribution in [-0.4, -0.2) is 24.6 Å². The molecule has 0 spiro atoms. The van der Waals surface area contributed by atoms with Crippen LogP contribution >= 0.6 is 0 Å². The van der Waals surface area contributed by atoms with Crippen LogP contribution in [0.15, 0.2) is 12.2 Å². The van der Waals surface area contributed by atoms with Crippen molar-refractivity contribution in [2.24, 2.45) is 5.92 Å². The number of rotatable bonds is 21. The van der Waals surface area contributed by atoms with Crippen LogP contribution in [0.4, 0.5) is 0 Å². The Morgan fingerprint density at radius 2 is 1.12 bits per heavy atom. The summed E-state index contributed by atoms with van der Waals surface area (Å²) in [5.41, 5.74) is 0. The minimum atomic E-state index is -0.457. The molecule has 0 saturated heterocycles. The third-order valence-corrected chi connectivity index (χ3v) is 6.96. The van der Waals surface area contributed by atoms with E-state index in [0.717, 1.165) is 25.7 Å². The summed E-state index contributed by atoms with van der Waals surface area (Å²) < 4.78 is 10.6. The van der Waals surface area contributed by atoms with Gasteiger partial charge in [-0.3, -0.25) is 0 Å². The summed E-state index contributed by atoms with van der Waals surface area (Å²) in [6, 6.07) is 0. The fourth-order valence-electron chi connectivity index (χ4n) is 4.75. The lowest BCUT2D eigenvalue weighted by Crippen LogP contribution is -2.21. The largest absolute Gasteiger partial charge is 0.463 e. The number of hydrogen-bond acceptors (Lipinski definition) is 4. The van der Waals surface area contributed by atoms with Crippen molar-refractivity contribution in [3.05, 3.63) is 12.2 Å². The molecular weight excluding hydrogens is 412 g/mol. The van der Waals surface area contributed by atoms with Gasteiger partial charge in [-0.05, 0) is 32.1 Å². The molecule has 0 radical (unpaired) electrons. The molecule has 0 amide bonds. The molecule has 0 aromatic rings. The maximum Gasteiger partial charge on any atom is 0.331 e. The summed E-state index contributed by atoms with van der Waals surface area (Å²) in [6.07, 6.45) is 28.2. The van der Waals surface area contributed by atoms with E-state index >= 15 is 0 Å². The van der Waals surface area contributed by atoms with Crippen molar-refractivity contribution in [3.8, 4) is 0 Å². The van der Waals surface area contributed by atoms with E-state index in [9.17, 15) is 9.59 Å².